The largest absolute Gasteiger partial charge is 0.484 e. The first kappa shape index (κ1) is 19.3. The summed E-state index contributed by atoms with van der Waals surface area (Å²) >= 11 is 0. The Morgan fingerprint density at radius 3 is 2.57 bits per heavy atom. The Balaban J connectivity index is 1.78. The van der Waals surface area contributed by atoms with Crippen molar-refractivity contribution in [3.05, 3.63) is 63.2 Å². The first-order chi connectivity index (χ1) is 13.4. The van der Waals surface area contributed by atoms with Gasteiger partial charge in [-0.15, -0.1) is 0 Å². The van der Waals surface area contributed by atoms with E-state index in [1.165, 1.54) is 4.68 Å². The lowest BCUT2D eigenvalue weighted by Crippen LogP contribution is -2.24. The van der Waals surface area contributed by atoms with Gasteiger partial charge in [0.2, 0.25) is 5.95 Å². The number of aromatic nitrogens is 4. The molecule has 0 saturated carbocycles. The lowest BCUT2D eigenvalue weighted by Gasteiger charge is -2.10. The Morgan fingerprint density at radius 1 is 1.21 bits per heavy atom. The number of carbonyl (C=O) groups is 1. The highest BCUT2D eigenvalue weighted by molar-refractivity contribution is 5.91. The van der Waals surface area contributed by atoms with Gasteiger partial charge < -0.3 is 10.1 Å². The van der Waals surface area contributed by atoms with Crippen molar-refractivity contribution in [1.29, 1.82) is 0 Å². The summed E-state index contributed by atoms with van der Waals surface area (Å²) in [5.74, 6) is 0.928. The minimum atomic E-state index is -0.342. The number of amides is 1. The van der Waals surface area contributed by atoms with Crippen molar-refractivity contribution in [2.45, 2.75) is 34.1 Å². The molecule has 1 amide bonds. The average molecular weight is 381 g/mol. The summed E-state index contributed by atoms with van der Waals surface area (Å²) in [6.07, 6.45) is 0.590. The van der Waals surface area contributed by atoms with Crippen LogP contribution < -0.4 is 15.6 Å². The van der Waals surface area contributed by atoms with E-state index in [1.54, 1.807) is 19.9 Å². The van der Waals surface area contributed by atoms with Crippen molar-refractivity contribution in [2.75, 3.05) is 11.9 Å². The molecule has 8 heteroatoms. The molecular formula is C20H23N5O3. The molecule has 146 valence electrons. The van der Waals surface area contributed by atoms with Gasteiger partial charge in [-0.3, -0.25) is 14.6 Å². The predicted octanol–water partition coefficient (Wildman–Crippen LogP) is 2.46. The van der Waals surface area contributed by atoms with Crippen molar-refractivity contribution in [2.24, 2.45) is 0 Å². The van der Waals surface area contributed by atoms with E-state index in [4.69, 9.17) is 4.74 Å². The van der Waals surface area contributed by atoms with Gasteiger partial charge >= 0.3 is 0 Å². The molecule has 3 rings (SSSR count). The topological polar surface area (TPSA) is 102 Å². The third-order valence-corrected chi connectivity index (χ3v) is 4.25. The van der Waals surface area contributed by atoms with Gasteiger partial charge in [-0.25, -0.2) is 4.98 Å². The van der Waals surface area contributed by atoms with Gasteiger partial charge in [0.15, 0.2) is 6.61 Å². The first-order valence-corrected chi connectivity index (χ1v) is 9.03. The van der Waals surface area contributed by atoms with Crippen LogP contribution in [-0.2, 0) is 11.2 Å². The van der Waals surface area contributed by atoms with E-state index < -0.39 is 0 Å². The highest BCUT2D eigenvalue weighted by Gasteiger charge is 2.15. The Hall–Kier alpha value is -3.42. The number of anilines is 1. The maximum Gasteiger partial charge on any atom is 0.263 e. The number of aromatic amines is 1. The molecule has 0 radical (unpaired) electrons. The molecule has 8 nitrogen and oxygen atoms in total. The summed E-state index contributed by atoms with van der Waals surface area (Å²) in [5.41, 5.74) is 2.84. The number of nitrogens with zero attached hydrogens (tertiary/aromatic N) is 3. The standard InChI is InChI=1S/C20H23N5O3/c1-5-16-14(4)21-20(23-19(16)27)25-17(10-13(3)24-25)22-18(26)11-28-15-8-6-12(2)7-9-15/h6-10H,5,11H2,1-4H3,(H,22,26)(H,21,23,27). The fourth-order valence-electron chi connectivity index (χ4n) is 2.82. The van der Waals surface area contributed by atoms with Gasteiger partial charge in [-0.1, -0.05) is 24.6 Å². The highest BCUT2D eigenvalue weighted by Crippen LogP contribution is 2.15. The number of H-pyrrole nitrogens is 1. The number of carbonyl (C=O) groups excluding carboxylic acids is 1. The summed E-state index contributed by atoms with van der Waals surface area (Å²) in [4.78, 5) is 31.7. The third-order valence-electron chi connectivity index (χ3n) is 4.25. The quantitative estimate of drug-likeness (QED) is 0.683. The zero-order valence-corrected chi connectivity index (χ0v) is 16.4. The molecule has 0 unspecified atom stereocenters. The summed E-state index contributed by atoms with van der Waals surface area (Å²) in [5, 5.41) is 7.08. The maximum atomic E-state index is 12.3. The van der Waals surface area contributed by atoms with Crippen LogP contribution in [0.25, 0.3) is 5.95 Å². The van der Waals surface area contributed by atoms with Crippen LogP contribution in [-0.4, -0.2) is 32.3 Å². The smallest absolute Gasteiger partial charge is 0.263 e. The molecule has 0 aliphatic carbocycles. The van der Waals surface area contributed by atoms with Gasteiger partial charge in [0.25, 0.3) is 11.5 Å². The van der Waals surface area contributed by atoms with Gasteiger partial charge in [0.05, 0.1) is 5.69 Å². The van der Waals surface area contributed by atoms with Crippen LogP contribution in [0.5, 0.6) is 5.75 Å². The molecule has 0 fully saturated rings. The second-order valence-corrected chi connectivity index (χ2v) is 6.54. The van der Waals surface area contributed by atoms with Crippen molar-refractivity contribution in [3.63, 3.8) is 0 Å². The first-order valence-electron chi connectivity index (χ1n) is 9.03. The van der Waals surface area contributed by atoms with Gasteiger partial charge in [0.1, 0.15) is 11.6 Å². The van der Waals surface area contributed by atoms with E-state index >= 15 is 0 Å². The Morgan fingerprint density at radius 2 is 1.93 bits per heavy atom. The minimum absolute atomic E-state index is 0.148. The minimum Gasteiger partial charge on any atom is -0.484 e. The van der Waals surface area contributed by atoms with Crippen molar-refractivity contribution >= 4 is 11.7 Å². The summed E-state index contributed by atoms with van der Waals surface area (Å²) in [7, 11) is 0. The number of ether oxygens (including phenoxy) is 1. The molecule has 0 aliphatic rings. The second-order valence-electron chi connectivity index (χ2n) is 6.54. The summed E-state index contributed by atoms with van der Waals surface area (Å²) in [6, 6.07) is 9.15. The molecule has 28 heavy (non-hydrogen) atoms. The number of rotatable bonds is 6. The zero-order valence-electron chi connectivity index (χ0n) is 16.4. The lowest BCUT2D eigenvalue weighted by atomic mass is 10.2. The van der Waals surface area contributed by atoms with E-state index in [-0.39, 0.29) is 24.0 Å². The molecule has 3 aromatic rings. The highest BCUT2D eigenvalue weighted by atomic mass is 16.5. The second kappa shape index (κ2) is 8.08. The van der Waals surface area contributed by atoms with Crippen LogP contribution in [0, 0.1) is 20.8 Å². The SMILES string of the molecule is CCc1c(C)nc(-n2nc(C)cc2NC(=O)COc2ccc(C)cc2)[nH]c1=O. The van der Waals surface area contributed by atoms with Gasteiger partial charge in [-0.2, -0.15) is 9.78 Å². The number of benzene rings is 1. The van der Waals surface area contributed by atoms with E-state index in [9.17, 15) is 9.59 Å². The van der Waals surface area contributed by atoms with Crippen LogP contribution >= 0.6 is 0 Å². The number of nitrogens with one attached hydrogen (secondary N) is 2. The molecule has 0 saturated heterocycles. The fourth-order valence-corrected chi connectivity index (χ4v) is 2.82. The molecule has 2 aromatic heterocycles. The molecule has 0 spiro atoms. The van der Waals surface area contributed by atoms with E-state index in [2.05, 4.69) is 20.4 Å². The van der Waals surface area contributed by atoms with E-state index in [0.29, 0.717) is 34.9 Å². The van der Waals surface area contributed by atoms with Gasteiger partial charge in [-0.05, 0) is 39.3 Å². The number of aryl methyl sites for hydroxylation is 3. The third kappa shape index (κ3) is 4.28. The Labute approximate surface area is 162 Å². The molecular weight excluding hydrogens is 358 g/mol. The number of hydrogen-bond donors (Lipinski definition) is 2. The van der Waals surface area contributed by atoms with Gasteiger partial charge in [0, 0.05) is 17.3 Å². The van der Waals surface area contributed by atoms with Crippen molar-refractivity contribution < 1.29 is 9.53 Å². The molecule has 2 heterocycles. The summed E-state index contributed by atoms with van der Waals surface area (Å²) in [6.45, 7) is 7.30. The predicted molar refractivity (Wildman–Crippen MR) is 106 cm³/mol. The van der Waals surface area contributed by atoms with Crippen LogP contribution in [0.1, 0.15) is 29.4 Å². The molecule has 1 aromatic carbocycles. The normalized spacial score (nSPS) is 10.7. The molecule has 0 atom stereocenters. The van der Waals surface area contributed by atoms with Crippen LogP contribution in [0.3, 0.4) is 0 Å². The molecule has 2 N–H and O–H groups in total. The summed E-state index contributed by atoms with van der Waals surface area (Å²) < 4.78 is 6.91. The Bertz CT molecular complexity index is 1050. The van der Waals surface area contributed by atoms with E-state index in [0.717, 1.165) is 5.56 Å². The fraction of sp³-hybridized carbons (Fsp3) is 0.300. The maximum absolute atomic E-state index is 12.3. The van der Waals surface area contributed by atoms with Crippen LogP contribution in [0.2, 0.25) is 0 Å². The molecule has 0 aliphatic heterocycles. The van der Waals surface area contributed by atoms with Crippen LogP contribution in [0.15, 0.2) is 35.1 Å². The van der Waals surface area contributed by atoms with Crippen molar-refractivity contribution in [3.8, 4) is 11.7 Å². The Kier molecular flexibility index (Phi) is 5.58. The van der Waals surface area contributed by atoms with Crippen molar-refractivity contribution in [1.82, 2.24) is 19.7 Å². The van der Waals surface area contributed by atoms with E-state index in [1.807, 2.05) is 38.1 Å². The monoisotopic (exact) mass is 381 g/mol. The zero-order chi connectivity index (χ0) is 20.3. The molecule has 0 bridgehead atoms. The average Bonchev–Trinajstić information content (AvgIpc) is 3.01. The lowest BCUT2D eigenvalue weighted by molar-refractivity contribution is -0.118. The van der Waals surface area contributed by atoms with Crippen LogP contribution in [0.4, 0.5) is 5.82 Å². The number of hydrogen-bond acceptors (Lipinski definition) is 5.